The zero-order chi connectivity index (χ0) is 18.2. The average Bonchev–Trinajstić information content (AvgIpc) is 3.43. The van der Waals surface area contributed by atoms with E-state index >= 15 is 0 Å². The van der Waals surface area contributed by atoms with E-state index in [1.165, 1.54) is 24.3 Å². The summed E-state index contributed by atoms with van der Waals surface area (Å²) in [7, 11) is 0. The number of nitro groups is 1. The quantitative estimate of drug-likeness (QED) is 0.381. The second-order valence-corrected chi connectivity index (χ2v) is 7.41. The number of hydrazine groups is 1. The van der Waals surface area contributed by atoms with Crippen LogP contribution in [0.5, 0.6) is 0 Å². The first-order chi connectivity index (χ1) is 12.5. The summed E-state index contributed by atoms with van der Waals surface area (Å²) in [6.07, 6.45) is 5.20. The molecule has 0 unspecified atom stereocenters. The predicted octanol–water partition coefficient (Wildman–Crippen LogP) is 1.29. The molecular formula is C18H15N3O5. The van der Waals surface area contributed by atoms with Crippen molar-refractivity contribution in [3.05, 3.63) is 52.1 Å². The van der Waals surface area contributed by atoms with E-state index < -0.39 is 10.8 Å². The van der Waals surface area contributed by atoms with Gasteiger partial charge in [0.1, 0.15) is 0 Å². The topological polar surface area (TPSA) is 110 Å². The van der Waals surface area contributed by atoms with Crippen LogP contribution >= 0.6 is 0 Å². The molecule has 4 aliphatic carbocycles. The highest BCUT2D eigenvalue weighted by Gasteiger charge is 2.67. The highest BCUT2D eigenvalue weighted by Crippen LogP contribution is 2.65. The van der Waals surface area contributed by atoms with Gasteiger partial charge in [-0.2, -0.15) is 5.01 Å². The van der Waals surface area contributed by atoms with E-state index in [4.69, 9.17) is 0 Å². The van der Waals surface area contributed by atoms with Crippen LogP contribution < -0.4 is 5.43 Å². The highest BCUT2D eigenvalue weighted by atomic mass is 16.6. The van der Waals surface area contributed by atoms with Gasteiger partial charge in [0, 0.05) is 17.7 Å². The molecule has 3 fully saturated rings. The maximum absolute atomic E-state index is 12.8. The molecule has 132 valence electrons. The van der Waals surface area contributed by atoms with Crippen molar-refractivity contribution in [1.82, 2.24) is 10.4 Å². The Hall–Kier alpha value is -3.03. The van der Waals surface area contributed by atoms with Crippen LogP contribution in [0.4, 0.5) is 5.69 Å². The Bertz CT molecular complexity index is 857. The maximum Gasteiger partial charge on any atom is 0.270 e. The summed E-state index contributed by atoms with van der Waals surface area (Å²) < 4.78 is 0. The smallest absolute Gasteiger partial charge is 0.270 e. The molecule has 2 saturated carbocycles. The summed E-state index contributed by atoms with van der Waals surface area (Å²) >= 11 is 0. The third-order valence-electron chi connectivity index (χ3n) is 6.22. The number of benzene rings is 1. The number of hydrogen-bond acceptors (Lipinski definition) is 5. The standard InChI is InChI=1S/C18H15N3O5/c22-16(8-1-3-9(4-2-8)21(25)26)19-20-17(23)14-10-5-6-11(13-7-12(10)13)15(14)18(20)24/h1-6,10-15H,7H2,(H,19,22)/t10-,11-,12-,13-,14-,15+/m0/s1. The van der Waals surface area contributed by atoms with Crippen LogP contribution in [-0.4, -0.2) is 27.7 Å². The lowest BCUT2D eigenvalue weighted by Crippen LogP contribution is -2.46. The molecule has 8 heteroatoms. The number of non-ortho nitro benzene ring substituents is 1. The monoisotopic (exact) mass is 353 g/mol. The fourth-order valence-corrected chi connectivity index (χ4v) is 4.97. The van der Waals surface area contributed by atoms with E-state index in [0.29, 0.717) is 11.8 Å². The van der Waals surface area contributed by atoms with Crippen molar-refractivity contribution < 1.29 is 19.3 Å². The maximum atomic E-state index is 12.8. The number of nitrogens with one attached hydrogen (secondary N) is 1. The Labute approximate surface area is 148 Å². The summed E-state index contributed by atoms with van der Waals surface area (Å²) in [5.74, 6) is -0.912. The molecule has 8 nitrogen and oxygen atoms in total. The molecule has 1 N–H and O–H groups in total. The Morgan fingerprint density at radius 3 is 2.08 bits per heavy atom. The Morgan fingerprint density at radius 2 is 1.58 bits per heavy atom. The van der Waals surface area contributed by atoms with E-state index in [1.807, 2.05) is 0 Å². The molecule has 0 spiro atoms. The van der Waals surface area contributed by atoms with Crippen LogP contribution in [0.15, 0.2) is 36.4 Å². The van der Waals surface area contributed by atoms with Crippen LogP contribution in [0.1, 0.15) is 16.8 Å². The summed E-state index contributed by atoms with van der Waals surface area (Å²) in [6.45, 7) is 0. The van der Waals surface area contributed by atoms with Gasteiger partial charge in [0.05, 0.1) is 16.8 Å². The molecule has 0 aromatic heterocycles. The normalized spacial score (nSPS) is 35.9. The zero-order valence-corrected chi connectivity index (χ0v) is 13.6. The molecule has 1 saturated heterocycles. The first-order valence-electron chi connectivity index (χ1n) is 8.59. The molecule has 26 heavy (non-hydrogen) atoms. The molecule has 2 bridgehead atoms. The molecular weight excluding hydrogens is 338 g/mol. The summed E-state index contributed by atoms with van der Waals surface area (Å²) in [5, 5.41) is 11.5. The number of imide groups is 1. The molecule has 3 amide bonds. The van der Waals surface area contributed by atoms with E-state index in [9.17, 15) is 24.5 Å². The summed E-state index contributed by atoms with van der Waals surface area (Å²) in [5.41, 5.74) is 2.41. The fourth-order valence-electron chi connectivity index (χ4n) is 4.97. The molecule has 6 atom stereocenters. The van der Waals surface area contributed by atoms with Crippen LogP contribution in [0.3, 0.4) is 0 Å². The third kappa shape index (κ3) is 1.92. The van der Waals surface area contributed by atoms with Gasteiger partial charge in [-0.3, -0.25) is 29.9 Å². The van der Waals surface area contributed by atoms with Crippen LogP contribution in [0.25, 0.3) is 0 Å². The molecule has 1 aromatic carbocycles. The van der Waals surface area contributed by atoms with Gasteiger partial charge < -0.3 is 0 Å². The summed E-state index contributed by atoms with van der Waals surface area (Å²) in [4.78, 5) is 48.1. The lowest BCUT2D eigenvalue weighted by Gasteiger charge is -2.37. The van der Waals surface area contributed by atoms with Crippen molar-refractivity contribution >= 4 is 23.4 Å². The highest BCUT2D eigenvalue weighted by molar-refractivity contribution is 6.08. The minimum Gasteiger partial charge on any atom is -0.272 e. The molecule has 5 aliphatic rings. The second-order valence-electron chi connectivity index (χ2n) is 7.41. The van der Waals surface area contributed by atoms with Gasteiger partial charge in [0.25, 0.3) is 23.4 Å². The Balaban J connectivity index is 1.37. The summed E-state index contributed by atoms with van der Waals surface area (Å²) in [6, 6.07) is 5.01. The van der Waals surface area contributed by atoms with Crippen molar-refractivity contribution in [3.63, 3.8) is 0 Å². The van der Waals surface area contributed by atoms with Crippen molar-refractivity contribution in [3.8, 4) is 0 Å². The number of nitrogens with zero attached hydrogens (tertiary/aromatic N) is 2. The number of rotatable bonds is 3. The zero-order valence-electron chi connectivity index (χ0n) is 13.6. The van der Waals surface area contributed by atoms with Gasteiger partial charge in [0.15, 0.2) is 0 Å². The number of nitro benzene ring substituents is 1. The number of carbonyl (C=O) groups is 3. The molecule has 1 aromatic rings. The van der Waals surface area contributed by atoms with E-state index in [1.54, 1.807) is 0 Å². The number of amides is 3. The molecule has 1 heterocycles. The largest absolute Gasteiger partial charge is 0.272 e. The van der Waals surface area contributed by atoms with E-state index in [-0.39, 0.29) is 46.7 Å². The lowest BCUT2D eigenvalue weighted by molar-refractivity contribution is -0.384. The van der Waals surface area contributed by atoms with Gasteiger partial charge in [-0.05, 0) is 42.2 Å². The lowest BCUT2D eigenvalue weighted by atomic mass is 9.63. The van der Waals surface area contributed by atoms with Crippen LogP contribution in [0.2, 0.25) is 0 Å². The van der Waals surface area contributed by atoms with Crippen LogP contribution in [0, 0.1) is 45.6 Å². The van der Waals surface area contributed by atoms with Gasteiger partial charge in [0.2, 0.25) is 0 Å². The number of carbonyl (C=O) groups excluding carboxylic acids is 3. The van der Waals surface area contributed by atoms with Crippen LogP contribution in [-0.2, 0) is 9.59 Å². The van der Waals surface area contributed by atoms with E-state index in [0.717, 1.165) is 11.4 Å². The Kier molecular flexibility index (Phi) is 2.93. The van der Waals surface area contributed by atoms with Gasteiger partial charge >= 0.3 is 0 Å². The van der Waals surface area contributed by atoms with Crippen molar-refractivity contribution in [2.45, 2.75) is 6.42 Å². The van der Waals surface area contributed by atoms with Crippen molar-refractivity contribution in [2.24, 2.45) is 35.5 Å². The first-order valence-corrected chi connectivity index (χ1v) is 8.59. The molecule has 1 aliphatic heterocycles. The van der Waals surface area contributed by atoms with Crippen molar-refractivity contribution in [1.29, 1.82) is 0 Å². The third-order valence-corrected chi connectivity index (χ3v) is 6.22. The van der Waals surface area contributed by atoms with Gasteiger partial charge in [-0.15, -0.1) is 0 Å². The average molecular weight is 353 g/mol. The van der Waals surface area contributed by atoms with Crippen molar-refractivity contribution in [2.75, 3.05) is 0 Å². The Morgan fingerprint density at radius 1 is 1.04 bits per heavy atom. The van der Waals surface area contributed by atoms with Gasteiger partial charge in [-0.25, -0.2) is 0 Å². The molecule has 0 radical (unpaired) electrons. The fraction of sp³-hybridized carbons (Fsp3) is 0.389. The minimum atomic E-state index is -0.634. The predicted molar refractivity (Wildman–Crippen MR) is 87.1 cm³/mol. The first kappa shape index (κ1) is 15.2. The molecule has 6 rings (SSSR count). The number of allylic oxidation sites excluding steroid dienone is 2. The minimum absolute atomic E-state index is 0.0905. The second kappa shape index (κ2) is 5.00. The van der Waals surface area contributed by atoms with E-state index in [2.05, 4.69) is 17.6 Å². The van der Waals surface area contributed by atoms with Gasteiger partial charge in [-0.1, -0.05) is 12.2 Å². The SMILES string of the molecule is O=C(NN1C(=O)[C@@H]2[C@H]3C=C[C@@H]([C@@H]4C[C@@H]34)[C@@H]2C1=O)c1ccc([N+](=O)[O-])cc1. The number of hydrogen-bond donors (Lipinski definition) is 1.